The van der Waals surface area contributed by atoms with Crippen LogP contribution in [-0.4, -0.2) is 22.9 Å². The summed E-state index contributed by atoms with van der Waals surface area (Å²) < 4.78 is 12.9. The van der Waals surface area contributed by atoms with Gasteiger partial charge in [-0.3, -0.25) is 4.79 Å². The number of rotatable bonds is 8. The number of anilines is 1. The second kappa shape index (κ2) is 10.6. The second-order valence-corrected chi connectivity index (χ2v) is 7.98. The minimum absolute atomic E-state index is 0.180. The lowest BCUT2D eigenvalue weighted by Gasteiger charge is -2.13. The van der Waals surface area contributed by atoms with Gasteiger partial charge in [0.2, 0.25) is 5.95 Å². The average molecular weight is 477 g/mol. The van der Waals surface area contributed by atoms with Crippen LogP contribution >= 0.6 is 0 Å². The molecule has 0 radical (unpaired) electrons. The summed E-state index contributed by atoms with van der Waals surface area (Å²) in [6, 6.07) is 32.0. The highest BCUT2D eigenvalue weighted by molar-refractivity contribution is 5.84. The third-order valence-corrected chi connectivity index (χ3v) is 5.62. The lowest BCUT2D eigenvalue weighted by Crippen LogP contribution is -2.22. The fourth-order valence-corrected chi connectivity index (χ4v) is 3.79. The van der Waals surface area contributed by atoms with Gasteiger partial charge >= 0.3 is 0 Å². The normalized spacial score (nSPS) is 11.0. The van der Waals surface area contributed by atoms with Crippen LogP contribution in [0.4, 0.5) is 5.95 Å². The molecule has 0 bridgehead atoms. The van der Waals surface area contributed by atoms with Gasteiger partial charge in [-0.2, -0.15) is 5.10 Å². The Morgan fingerprint density at radius 1 is 0.917 bits per heavy atom. The summed E-state index contributed by atoms with van der Waals surface area (Å²) in [6.45, 7) is 0.405. The summed E-state index contributed by atoms with van der Waals surface area (Å²) >= 11 is 0. The zero-order valence-corrected chi connectivity index (χ0v) is 19.7. The molecule has 5 aromatic rings. The molecule has 7 nitrogen and oxygen atoms in total. The summed E-state index contributed by atoms with van der Waals surface area (Å²) in [6.07, 6.45) is 1.64. The van der Waals surface area contributed by atoms with Gasteiger partial charge in [-0.15, -0.1) is 0 Å². The molecule has 178 valence electrons. The van der Waals surface area contributed by atoms with Gasteiger partial charge in [0.15, 0.2) is 0 Å². The molecular formula is C29H24N4O3. The molecule has 7 heteroatoms. The summed E-state index contributed by atoms with van der Waals surface area (Å²) in [7, 11) is 1.61. The SMILES string of the molecule is COc1ccc(/C=N/Nc2nc3ccccc3c(=O)n2-c2ccccc2)c(OCc2ccccc2)c1. The minimum Gasteiger partial charge on any atom is -0.497 e. The molecule has 1 N–H and O–H groups in total. The number of ether oxygens (including phenoxy) is 2. The molecule has 0 aliphatic carbocycles. The van der Waals surface area contributed by atoms with Gasteiger partial charge in [0.1, 0.15) is 18.1 Å². The number of fused-ring (bicyclic) bond motifs is 1. The molecule has 0 atom stereocenters. The molecule has 0 spiro atoms. The molecule has 0 fully saturated rings. The van der Waals surface area contributed by atoms with E-state index in [0.29, 0.717) is 40.6 Å². The number of nitrogens with zero attached hydrogens (tertiary/aromatic N) is 3. The molecule has 5 rings (SSSR count). The van der Waals surface area contributed by atoms with Crippen molar-refractivity contribution in [3.63, 3.8) is 0 Å². The largest absolute Gasteiger partial charge is 0.497 e. The van der Waals surface area contributed by atoms with Crippen molar-refractivity contribution in [1.82, 2.24) is 9.55 Å². The first kappa shape index (κ1) is 22.9. The van der Waals surface area contributed by atoms with E-state index in [0.717, 1.165) is 11.1 Å². The predicted octanol–water partition coefficient (Wildman–Crippen LogP) is 5.42. The topological polar surface area (TPSA) is 77.7 Å². The molecule has 0 amide bonds. The lowest BCUT2D eigenvalue weighted by molar-refractivity contribution is 0.303. The Labute approximate surface area is 208 Å². The summed E-state index contributed by atoms with van der Waals surface area (Å²) in [5.74, 6) is 1.61. The molecular weight excluding hydrogens is 452 g/mol. The number of hydrogen-bond donors (Lipinski definition) is 1. The highest BCUT2D eigenvalue weighted by Gasteiger charge is 2.12. The van der Waals surface area contributed by atoms with Crippen LogP contribution in [-0.2, 0) is 6.61 Å². The maximum atomic E-state index is 13.3. The van der Waals surface area contributed by atoms with Crippen molar-refractivity contribution in [2.45, 2.75) is 6.61 Å². The number of benzene rings is 4. The van der Waals surface area contributed by atoms with Crippen LogP contribution in [0.15, 0.2) is 113 Å². The van der Waals surface area contributed by atoms with Crippen LogP contribution in [0.1, 0.15) is 11.1 Å². The number of aromatic nitrogens is 2. The fourth-order valence-electron chi connectivity index (χ4n) is 3.79. The quantitative estimate of drug-likeness (QED) is 0.239. The number of nitrogens with one attached hydrogen (secondary N) is 1. The zero-order valence-electron chi connectivity index (χ0n) is 19.7. The Morgan fingerprint density at radius 3 is 2.42 bits per heavy atom. The Bertz CT molecular complexity index is 1560. The van der Waals surface area contributed by atoms with Gasteiger partial charge in [-0.1, -0.05) is 60.7 Å². The number of hydrazone groups is 1. The van der Waals surface area contributed by atoms with Gasteiger partial charge in [0.25, 0.3) is 5.56 Å². The van der Waals surface area contributed by atoms with Crippen LogP contribution in [0.2, 0.25) is 0 Å². The van der Waals surface area contributed by atoms with Gasteiger partial charge < -0.3 is 9.47 Å². The molecule has 36 heavy (non-hydrogen) atoms. The lowest BCUT2D eigenvalue weighted by atomic mass is 10.2. The monoisotopic (exact) mass is 476 g/mol. The molecule has 0 saturated carbocycles. The van der Waals surface area contributed by atoms with Crippen LogP contribution in [0, 0.1) is 0 Å². The summed E-state index contributed by atoms with van der Waals surface area (Å²) in [4.78, 5) is 18.0. The van der Waals surface area contributed by atoms with Crippen molar-refractivity contribution in [3.05, 3.63) is 125 Å². The van der Waals surface area contributed by atoms with Crippen molar-refractivity contribution >= 4 is 23.1 Å². The Kier molecular flexibility index (Phi) is 6.71. The van der Waals surface area contributed by atoms with E-state index in [1.807, 2.05) is 91.0 Å². The van der Waals surface area contributed by atoms with E-state index in [1.54, 1.807) is 25.5 Å². The van der Waals surface area contributed by atoms with Gasteiger partial charge in [0.05, 0.1) is 29.9 Å². The third-order valence-electron chi connectivity index (χ3n) is 5.62. The fraction of sp³-hybridized carbons (Fsp3) is 0.0690. The second-order valence-electron chi connectivity index (χ2n) is 7.98. The van der Waals surface area contributed by atoms with E-state index in [-0.39, 0.29) is 5.56 Å². The van der Waals surface area contributed by atoms with E-state index >= 15 is 0 Å². The highest BCUT2D eigenvalue weighted by atomic mass is 16.5. The Hall–Kier alpha value is -4.91. The van der Waals surface area contributed by atoms with Crippen LogP contribution in [0.25, 0.3) is 16.6 Å². The Morgan fingerprint density at radius 2 is 1.64 bits per heavy atom. The average Bonchev–Trinajstić information content (AvgIpc) is 2.93. The first-order chi connectivity index (χ1) is 17.7. The van der Waals surface area contributed by atoms with Crippen LogP contribution in [0.5, 0.6) is 11.5 Å². The minimum atomic E-state index is -0.180. The van der Waals surface area contributed by atoms with Crippen molar-refractivity contribution in [2.24, 2.45) is 5.10 Å². The van der Waals surface area contributed by atoms with Gasteiger partial charge in [-0.05, 0) is 42.0 Å². The van der Waals surface area contributed by atoms with Gasteiger partial charge in [0, 0.05) is 11.6 Å². The summed E-state index contributed by atoms with van der Waals surface area (Å²) in [5, 5.41) is 4.93. The van der Waals surface area contributed by atoms with Gasteiger partial charge in [-0.25, -0.2) is 15.0 Å². The van der Waals surface area contributed by atoms with Crippen LogP contribution < -0.4 is 20.5 Å². The zero-order chi connectivity index (χ0) is 24.7. The molecule has 0 aliphatic heterocycles. The molecule has 0 aliphatic rings. The molecule has 0 unspecified atom stereocenters. The van der Waals surface area contributed by atoms with E-state index in [2.05, 4.69) is 15.5 Å². The van der Waals surface area contributed by atoms with E-state index < -0.39 is 0 Å². The van der Waals surface area contributed by atoms with E-state index in [4.69, 9.17) is 9.47 Å². The van der Waals surface area contributed by atoms with E-state index in [9.17, 15) is 4.79 Å². The first-order valence-electron chi connectivity index (χ1n) is 11.4. The van der Waals surface area contributed by atoms with Crippen molar-refractivity contribution in [2.75, 3.05) is 12.5 Å². The van der Waals surface area contributed by atoms with Crippen molar-refractivity contribution in [1.29, 1.82) is 0 Å². The number of para-hydroxylation sites is 2. The van der Waals surface area contributed by atoms with E-state index in [1.165, 1.54) is 4.57 Å². The molecule has 4 aromatic carbocycles. The van der Waals surface area contributed by atoms with Crippen molar-refractivity contribution in [3.8, 4) is 17.2 Å². The number of hydrogen-bond acceptors (Lipinski definition) is 6. The molecule has 1 aromatic heterocycles. The highest BCUT2D eigenvalue weighted by Crippen LogP contribution is 2.25. The van der Waals surface area contributed by atoms with Crippen LogP contribution in [0.3, 0.4) is 0 Å². The third kappa shape index (κ3) is 4.95. The number of methoxy groups -OCH3 is 1. The summed E-state index contributed by atoms with van der Waals surface area (Å²) in [5.41, 5.74) is 5.85. The van der Waals surface area contributed by atoms with Crippen molar-refractivity contribution < 1.29 is 9.47 Å². The predicted molar refractivity (Wildman–Crippen MR) is 142 cm³/mol. The molecule has 1 heterocycles. The maximum absolute atomic E-state index is 13.3. The maximum Gasteiger partial charge on any atom is 0.267 e. The smallest absolute Gasteiger partial charge is 0.267 e. The first-order valence-corrected chi connectivity index (χ1v) is 11.4. The standard InChI is InChI=1S/C29H24N4O3/c1-35-24-17-16-22(27(18-24)36-20-21-10-4-2-5-11-21)19-30-32-29-31-26-15-9-8-14-25(26)28(34)33(29)23-12-6-3-7-13-23/h2-19H,20H2,1H3,(H,31,32)/b30-19+. The molecule has 0 saturated heterocycles. The Balaban J connectivity index is 1.47.